The summed E-state index contributed by atoms with van der Waals surface area (Å²) < 4.78 is 20.3. The molecule has 0 aliphatic rings. The van der Waals surface area contributed by atoms with E-state index in [9.17, 15) is 9.18 Å². The van der Waals surface area contributed by atoms with Crippen molar-refractivity contribution in [1.29, 1.82) is 0 Å². The lowest BCUT2D eigenvalue weighted by molar-refractivity contribution is 0.0953. The van der Waals surface area contributed by atoms with Gasteiger partial charge in [0.15, 0.2) is 5.65 Å². The van der Waals surface area contributed by atoms with Crippen LogP contribution in [-0.2, 0) is 6.54 Å². The lowest BCUT2D eigenvalue weighted by Gasteiger charge is -2.08. The number of anilines is 1. The highest BCUT2D eigenvalue weighted by atomic mass is 19.1. The Balaban J connectivity index is 1.60. The number of nitrogens with one attached hydrogen (secondary N) is 1. The fraction of sp³-hybridized carbons (Fsp3) is 0.0800. The van der Waals surface area contributed by atoms with Crippen LogP contribution in [0.1, 0.15) is 15.9 Å². The number of rotatable bonds is 5. The molecule has 1 amide bonds. The number of methoxy groups -OCH3 is 1. The number of hydrogen-bond acceptors (Lipinski definition) is 5. The molecule has 3 aromatic carbocycles. The number of carbonyl (C=O) groups excluding carboxylic acids is 1. The number of hydrogen-bond donors (Lipinski definition) is 2. The van der Waals surface area contributed by atoms with Crippen molar-refractivity contribution in [3.05, 3.63) is 89.7 Å². The van der Waals surface area contributed by atoms with Crippen molar-refractivity contribution in [2.75, 3.05) is 12.8 Å². The van der Waals surface area contributed by atoms with Gasteiger partial charge in [-0.25, -0.2) is 14.4 Å². The van der Waals surface area contributed by atoms with E-state index in [2.05, 4.69) is 10.3 Å². The number of benzene rings is 3. The van der Waals surface area contributed by atoms with Crippen LogP contribution in [-0.4, -0.2) is 27.6 Å². The fourth-order valence-electron chi connectivity index (χ4n) is 3.75. The highest BCUT2D eigenvalue weighted by Gasteiger charge is 2.24. The Labute approximate surface area is 188 Å². The van der Waals surface area contributed by atoms with Crippen molar-refractivity contribution in [1.82, 2.24) is 19.9 Å². The third-order valence-corrected chi connectivity index (χ3v) is 5.42. The van der Waals surface area contributed by atoms with Crippen LogP contribution in [0.4, 0.5) is 10.2 Å². The summed E-state index contributed by atoms with van der Waals surface area (Å²) in [7, 11) is 1.60. The minimum atomic E-state index is -0.376. The summed E-state index contributed by atoms with van der Waals surface area (Å²) in [5.41, 5.74) is 10.3. The molecule has 0 aliphatic carbocycles. The lowest BCUT2D eigenvalue weighted by Crippen LogP contribution is -2.24. The Bertz CT molecular complexity index is 1480. The molecule has 2 aromatic heterocycles. The Morgan fingerprint density at radius 2 is 1.67 bits per heavy atom. The third-order valence-electron chi connectivity index (χ3n) is 5.42. The van der Waals surface area contributed by atoms with E-state index in [1.165, 1.54) is 12.1 Å². The zero-order chi connectivity index (χ0) is 22.9. The molecule has 3 N–H and O–H groups in total. The summed E-state index contributed by atoms with van der Waals surface area (Å²) >= 11 is 0. The minimum absolute atomic E-state index is 0.180. The number of amides is 1. The molecule has 0 saturated heterocycles. The molecule has 2 heterocycles. The van der Waals surface area contributed by atoms with E-state index in [4.69, 9.17) is 15.5 Å². The first-order chi connectivity index (χ1) is 16.0. The summed E-state index contributed by atoms with van der Waals surface area (Å²) in [5.74, 6) is 0.166. The van der Waals surface area contributed by atoms with Gasteiger partial charge in [0.25, 0.3) is 5.91 Å². The van der Waals surface area contributed by atoms with Crippen molar-refractivity contribution in [3.8, 4) is 11.4 Å². The number of nitrogens with zero attached hydrogens (tertiary/aromatic N) is 3. The highest BCUT2D eigenvalue weighted by Crippen LogP contribution is 2.31. The Morgan fingerprint density at radius 3 is 2.33 bits per heavy atom. The standard InChI is InChI=1S/C25H20FN5O2/c1-33-18-12-6-15(7-13-18)14-28-25(32)21-22-24(30-20-5-3-2-4-19(20)29-22)31(23(21)27)17-10-8-16(26)9-11-17/h2-13H,14,27H2,1H3,(H,28,32). The monoisotopic (exact) mass is 441 g/mol. The van der Waals surface area contributed by atoms with E-state index in [0.717, 1.165) is 11.3 Å². The number of aromatic nitrogens is 3. The molecule has 0 atom stereocenters. The molecule has 8 heteroatoms. The number of carbonyl (C=O) groups is 1. The average Bonchev–Trinajstić information content (AvgIpc) is 3.12. The van der Waals surface area contributed by atoms with Crippen LogP contribution >= 0.6 is 0 Å². The highest BCUT2D eigenvalue weighted by molar-refractivity contribution is 6.11. The molecule has 0 radical (unpaired) electrons. The summed E-state index contributed by atoms with van der Waals surface area (Å²) in [4.78, 5) is 22.7. The van der Waals surface area contributed by atoms with Crippen molar-refractivity contribution >= 4 is 33.9 Å². The van der Waals surface area contributed by atoms with E-state index < -0.39 is 0 Å². The number of halogens is 1. The Hall–Kier alpha value is -4.46. The van der Waals surface area contributed by atoms with Crippen molar-refractivity contribution in [3.63, 3.8) is 0 Å². The van der Waals surface area contributed by atoms with Crippen molar-refractivity contribution < 1.29 is 13.9 Å². The lowest BCUT2D eigenvalue weighted by atomic mass is 10.2. The van der Waals surface area contributed by atoms with Crippen LogP contribution in [0.15, 0.2) is 72.8 Å². The van der Waals surface area contributed by atoms with Gasteiger partial charge in [0.2, 0.25) is 0 Å². The summed E-state index contributed by atoms with van der Waals surface area (Å²) in [6, 6.07) is 20.6. The van der Waals surface area contributed by atoms with Crippen LogP contribution in [0.5, 0.6) is 5.75 Å². The van der Waals surface area contributed by atoms with Gasteiger partial charge in [-0.05, 0) is 54.1 Å². The van der Waals surface area contributed by atoms with E-state index in [-0.39, 0.29) is 23.1 Å². The van der Waals surface area contributed by atoms with Gasteiger partial charge < -0.3 is 15.8 Å². The SMILES string of the molecule is COc1ccc(CNC(=O)c2c(N)n(-c3ccc(F)cc3)c3nc4ccccc4nc23)cc1. The molecule has 0 bridgehead atoms. The molecule has 33 heavy (non-hydrogen) atoms. The Kier molecular flexibility index (Phi) is 5.10. The van der Waals surface area contributed by atoms with Crippen LogP contribution in [0, 0.1) is 5.82 Å². The van der Waals surface area contributed by atoms with E-state index in [1.54, 1.807) is 23.8 Å². The number of nitrogen functional groups attached to an aromatic ring is 1. The van der Waals surface area contributed by atoms with Crippen LogP contribution in [0.25, 0.3) is 27.9 Å². The molecular formula is C25H20FN5O2. The molecule has 0 unspecified atom stereocenters. The maximum absolute atomic E-state index is 13.5. The normalized spacial score (nSPS) is 11.1. The van der Waals surface area contributed by atoms with Gasteiger partial charge in [-0.2, -0.15) is 0 Å². The largest absolute Gasteiger partial charge is 0.497 e. The van der Waals surface area contributed by atoms with Crippen LogP contribution < -0.4 is 15.8 Å². The molecule has 5 rings (SSSR count). The van der Waals surface area contributed by atoms with Crippen LogP contribution in [0.3, 0.4) is 0 Å². The smallest absolute Gasteiger partial charge is 0.257 e. The number of ether oxygens (including phenoxy) is 1. The number of fused-ring (bicyclic) bond motifs is 2. The van der Waals surface area contributed by atoms with Crippen LogP contribution in [0.2, 0.25) is 0 Å². The molecule has 164 valence electrons. The predicted octanol–water partition coefficient (Wildman–Crippen LogP) is 4.23. The maximum atomic E-state index is 13.5. The zero-order valence-corrected chi connectivity index (χ0v) is 17.7. The maximum Gasteiger partial charge on any atom is 0.257 e. The van der Waals surface area contributed by atoms with Gasteiger partial charge in [-0.1, -0.05) is 24.3 Å². The van der Waals surface area contributed by atoms with Gasteiger partial charge in [-0.15, -0.1) is 0 Å². The first kappa shape index (κ1) is 20.4. The summed E-state index contributed by atoms with van der Waals surface area (Å²) in [5, 5.41) is 2.91. The number of nitrogens with two attached hydrogens (primary N) is 1. The quantitative estimate of drug-likeness (QED) is 0.426. The van der Waals surface area contributed by atoms with E-state index in [0.29, 0.717) is 34.4 Å². The van der Waals surface area contributed by atoms with E-state index >= 15 is 0 Å². The molecule has 0 fully saturated rings. The van der Waals surface area contributed by atoms with Gasteiger partial charge in [0, 0.05) is 12.2 Å². The van der Waals surface area contributed by atoms with Gasteiger partial charge >= 0.3 is 0 Å². The summed E-state index contributed by atoms with van der Waals surface area (Å²) in [6.45, 7) is 0.298. The number of para-hydroxylation sites is 2. The predicted molar refractivity (Wildman–Crippen MR) is 125 cm³/mol. The van der Waals surface area contributed by atoms with Gasteiger partial charge in [0.1, 0.15) is 28.5 Å². The van der Waals surface area contributed by atoms with Crippen molar-refractivity contribution in [2.24, 2.45) is 0 Å². The van der Waals surface area contributed by atoms with E-state index in [1.807, 2.05) is 48.5 Å². The Morgan fingerprint density at radius 1 is 1.00 bits per heavy atom. The first-order valence-electron chi connectivity index (χ1n) is 10.3. The first-order valence-corrected chi connectivity index (χ1v) is 10.3. The second-order valence-electron chi connectivity index (χ2n) is 7.49. The summed E-state index contributed by atoms with van der Waals surface area (Å²) in [6.07, 6.45) is 0. The fourth-order valence-corrected chi connectivity index (χ4v) is 3.75. The zero-order valence-electron chi connectivity index (χ0n) is 17.7. The topological polar surface area (TPSA) is 95.1 Å². The molecule has 0 spiro atoms. The minimum Gasteiger partial charge on any atom is -0.497 e. The van der Waals surface area contributed by atoms with Gasteiger partial charge in [-0.3, -0.25) is 9.36 Å². The molecule has 7 nitrogen and oxygen atoms in total. The average molecular weight is 441 g/mol. The third kappa shape index (κ3) is 3.71. The molecular weight excluding hydrogens is 421 g/mol. The molecule has 0 saturated carbocycles. The second-order valence-corrected chi connectivity index (χ2v) is 7.49. The molecule has 5 aromatic rings. The second kappa shape index (κ2) is 8.23. The molecule has 0 aliphatic heterocycles. The van der Waals surface area contributed by atoms with Crippen molar-refractivity contribution in [2.45, 2.75) is 6.54 Å². The van der Waals surface area contributed by atoms with Gasteiger partial charge in [0.05, 0.1) is 18.1 Å².